The average Bonchev–Trinajstić information content (AvgIpc) is 2.78. The molecule has 3 N–H and O–H groups in total. The lowest BCUT2D eigenvalue weighted by Crippen LogP contribution is -2.11. The average molecular weight is 266 g/mol. The highest BCUT2D eigenvalue weighted by Crippen LogP contribution is 2.25. The Kier molecular flexibility index (Phi) is 2.99. The number of amides is 2. The molecule has 100 valence electrons. The van der Waals surface area contributed by atoms with Crippen molar-refractivity contribution in [3.63, 3.8) is 0 Å². The molecule has 0 aliphatic carbocycles. The Morgan fingerprint density at radius 1 is 1.15 bits per heavy atom. The predicted octanol–water partition coefficient (Wildman–Crippen LogP) is 1.87. The Morgan fingerprint density at radius 3 is 2.75 bits per heavy atom. The molecule has 20 heavy (non-hydrogen) atoms. The SMILES string of the molecule is NC(=O)c1cccc(Cc2ccc3c(c2)NC(=O)C3)c1. The topological polar surface area (TPSA) is 72.2 Å². The number of fused-ring (bicyclic) bond motifs is 1. The summed E-state index contributed by atoms with van der Waals surface area (Å²) in [4.78, 5) is 22.5. The summed E-state index contributed by atoms with van der Waals surface area (Å²) >= 11 is 0. The smallest absolute Gasteiger partial charge is 0.248 e. The zero-order chi connectivity index (χ0) is 14.1. The van der Waals surface area contributed by atoms with E-state index in [1.165, 1.54) is 0 Å². The lowest BCUT2D eigenvalue weighted by molar-refractivity contribution is -0.115. The van der Waals surface area contributed by atoms with Gasteiger partial charge in [0.15, 0.2) is 0 Å². The van der Waals surface area contributed by atoms with Crippen molar-refractivity contribution in [1.82, 2.24) is 0 Å². The van der Waals surface area contributed by atoms with E-state index < -0.39 is 5.91 Å². The van der Waals surface area contributed by atoms with Gasteiger partial charge in [-0.05, 0) is 41.3 Å². The Bertz CT molecular complexity index is 707. The molecule has 0 fully saturated rings. The lowest BCUT2D eigenvalue weighted by Gasteiger charge is -2.06. The van der Waals surface area contributed by atoms with E-state index in [-0.39, 0.29) is 5.91 Å². The predicted molar refractivity (Wildman–Crippen MR) is 76.5 cm³/mol. The third-order valence-corrected chi connectivity index (χ3v) is 3.42. The molecule has 1 aliphatic heterocycles. The van der Waals surface area contributed by atoms with E-state index in [1.54, 1.807) is 12.1 Å². The van der Waals surface area contributed by atoms with Gasteiger partial charge >= 0.3 is 0 Å². The van der Waals surface area contributed by atoms with Gasteiger partial charge in [-0.1, -0.05) is 24.3 Å². The number of hydrogen-bond donors (Lipinski definition) is 2. The standard InChI is InChI=1S/C16H14N2O2/c17-16(20)13-3-1-2-10(7-13)6-11-4-5-12-9-15(19)18-14(12)8-11/h1-5,7-8H,6,9H2,(H2,17,20)(H,18,19). The molecule has 0 bridgehead atoms. The Hall–Kier alpha value is -2.62. The number of nitrogens with two attached hydrogens (primary N) is 1. The van der Waals surface area contributed by atoms with Gasteiger partial charge in [-0.25, -0.2) is 0 Å². The van der Waals surface area contributed by atoms with Crippen molar-refractivity contribution in [2.75, 3.05) is 5.32 Å². The second kappa shape index (κ2) is 4.81. The highest BCUT2D eigenvalue weighted by atomic mass is 16.2. The van der Waals surface area contributed by atoms with E-state index in [9.17, 15) is 9.59 Å². The van der Waals surface area contributed by atoms with E-state index in [0.29, 0.717) is 18.4 Å². The maximum atomic E-state index is 11.3. The molecule has 1 aliphatic rings. The van der Waals surface area contributed by atoms with Crippen LogP contribution in [0.2, 0.25) is 0 Å². The highest BCUT2D eigenvalue weighted by Gasteiger charge is 2.17. The van der Waals surface area contributed by atoms with Crippen LogP contribution >= 0.6 is 0 Å². The molecule has 0 unspecified atom stereocenters. The Labute approximate surface area is 116 Å². The van der Waals surface area contributed by atoms with Crippen LogP contribution in [0.1, 0.15) is 27.0 Å². The normalized spacial score (nSPS) is 12.9. The number of benzene rings is 2. The third kappa shape index (κ3) is 2.40. The molecular formula is C16H14N2O2. The van der Waals surface area contributed by atoms with Crippen molar-refractivity contribution in [1.29, 1.82) is 0 Å². The number of carbonyl (C=O) groups is 2. The fourth-order valence-electron chi connectivity index (χ4n) is 2.44. The summed E-state index contributed by atoms with van der Waals surface area (Å²) in [6, 6.07) is 13.2. The molecule has 2 amide bonds. The van der Waals surface area contributed by atoms with Gasteiger partial charge in [0.1, 0.15) is 0 Å². The van der Waals surface area contributed by atoms with Gasteiger partial charge in [0.2, 0.25) is 11.8 Å². The summed E-state index contributed by atoms with van der Waals surface area (Å²) in [5.74, 6) is -0.388. The minimum Gasteiger partial charge on any atom is -0.366 e. The fraction of sp³-hybridized carbons (Fsp3) is 0.125. The minimum absolute atomic E-state index is 0.0351. The molecule has 2 aromatic rings. The highest BCUT2D eigenvalue weighted by molar-refractivity contribution is 5.99. The van der Waals surface area contributed by atoms with Crippen molar-refractivity contribution in [2.24, 2.45) is 5.73 Å². The first-order valence-corrected chi connectivity index (χ1v) is 6.42. The number of hydrogen-bond acceptors (Lipinski definition) is 2. The third-order valence-electron chi connectivity index (χ3n) is 3.42. The van der Waals surface area contributed by atoms with Crippen LogP contribution in [0.25, 0.3) is 0 Å². The number of rotatable bonds is 3. The van der Waals surface area contributed by atoms with Crippen molar-refractivity contribution >= 4 is 17.5 Å². The van der Waals surface area contributed by atoms with E-state index in [0.717, 1.165) is 22.4 Å². The van der Waals surface area contributed by atoms with Crippen LogP contribution in [-0.2, 0) is 17.6 Å². The van der Waals surface area contributed by atoms with Crippen LogP contribution in [0.4, 0.5) is 5.69 Å². The van der Waals surface area contributed by atoms with Gasteiger partial charge in [0.25, 0.3) is 0 Å². The van der Waals surface area contributed by atoms with E-state index >= 15 is 0 Å². The van der Waals surface area contributed by atoms with Gasteiger partial charge in [-0.15, -0.1) is 0 Å². The van der Waals surface area contributed by atoms with Crippen LogP contribution in [0.3, 0.4) is 0 Å². The van der Waals surface area contributed by atoms with Crippen molar-refractivity contribution < 1.29 is 9.59 Å². The number of carbonyl (C=O) groups excluding carboxylic acids is 2. The van der Waals surface area contributed by atoms with E-state index in [4.69, 9.17) is 5.73 Å². The number of primary amides is 1. The van der Waals surface area contributed by atoms with Crippen molar-refractivity contribution in [2.45, 2.75) is 12.8 Å². The summed E-state index contributed by atoms with van der Waals surface area (Å²) in [5.41, 5.74) is 9.82. The lowest BCUT2D eigenvalue weighted by atomic mass is 10.0. The first kappa shape index (κ1) is 12.4. The second-order valence-corrected chi connectivity index (χ2v) is 4.96. The molecule has 0 atom stereocenters. The number of nitrogens with one attached hydrogen (secondary N) is 1. The fourth-order valence-corrected chi connectivity index (χ4v) is 2.44. The molecule has 0 saturated heterocycles. The maximum absolute atomic E-state index is 11.3. The molecule has 4 heteroatoms. The van der Waals surface area contributed by atoms with Crippen LogP contribution in [0.5, 0.6) is 0 Å². The van der Waals surface area contributed by atoms with Gasteiger partial charge in [0.05, 0.1) is 6.42 Å². The first-order chi connectivity index (χ1) is 9.61. The minimum atomic E-state index is -0.423. The molecule has 0 aromatic heterocycles. The monoisotopic (exact) mass is 266 g/mol. The number of anilines is 1. The Balaban J connectivity index is 1.85. The van der Waals surface area contributed by atoms with Crippen LogP contribution in [0.15, 0.2) is 42.5 Å². The van der Waals surface area contributed by atoms with Crippen LogP contribution < -0.4 is 11.1 Å². The molecular weight excluding hydrogens is 252 g/mol. The largest absolute Gasteiger partial charge is 0.366 e. The van der Waals surface area contributed by atoms with Crippen LogP contribution in [-0.4, -0.2) is 11.8 Å². The first-order valence-electron chi connectivity index (χ1n) is 6.42. The van der Waals surface area contributed by atoms with Crippen molar-refractivity contribution in [3.05, 3.63) is 64.7 Å². The second-order valence-electron chi connectivity index (χ2n) is 4.96. The quantitative estimate of drug-likeness (QED) is 0.890. The zero-order valence-electron chi connectivity index (χ0n) is 10.8. The zero-order valence-corrected chi connectivity index (χ0v) is 10.8. The summed E-state index contributed by atoms with van der Waals surface area (Å²) in [6.45, 7) is 0. The molecule has 3 rings (SSSR count). The maximum Gasteiger partial charge on any atom is 0.248 e. The van der Waals surface area contributed by atoms with Gasteiger partial charge in [0, 0.05) is 11.3 Å². The van der Waals surface area contributed by atoms with Gasteiger partial charge in [-0.3, -0.25) is 9.59 Å². The van der Waals surface area contributed by atoms with Gasteiger partial charge < -0.3 is 11.1 Å². The summed E-state index contributed by atoms with van der Waals surface area (Å²) < 4.78 is 0. The molecule has 0 spiro atoms. The molecule has 0 saturated carbocycles. The molecule has 2 aromatic carbocycles. The molecule has 1 heterocycles. The summed E-state index contributed by atoms with van der Waals surface area (Å²) in [6.07, 6.45) is 1.15. The molecule has 0 radical (unpaired) electrons. The summed E-state index contributed by atoms with van der Waals surface area (Å²) in [7, 11) is 0. The van der Waals surface area contributed by atoms with Gasteiger partial charge in [-0.2, -0.15) is 0 Å². The Morgan fingerprint density at radius 2 is 1.95 bits per heavy atom. The summed E-state index contributed by atoms with van der Waals surface area (Å²) in [5, 5.41) is 2.84. The van der Waals surface area contributed by atoms with E-state index in [2.05, 4.69) is 5.32 Å². The molecule has 4 nitrogen and oxygen atoms in total. The van der Waals surface area contributed by atoms with Crippen molar-refractivity contribution in [3.8, 4) is 0 Å². The van der Waals surface area contributed by atoms with E-state index in [1.807, 2.05) is 30.3 Å². The van der Waals surface area contributed by atoms with Crippen LogP contribution in [0, 0.1) is 0 Å².